The molecule has 4 aromatic rings. The summed E-state index contributed by atoms with van der Waals surface area (Å²) in [5, 5.41) is 4.07. The lowest BCUT2D eigenvalue weighted by Gasteiger charge is -2.18. The van der Waals surface area contributed by atoms with Gasteiger partial charge in [-0.2, -0.15) is 0 Å². The lowest BCUT2D eigenvalue weighted by Crippen LogP contribution is -2.29. The highest BCUT2D eigenvalue weighted by Crippen LogP contribution is 2.30. The highest BCUT2D eigenvalue weighted by molar-refractivity contribution is 5.97. The molecule has 4 rings (SSSR count). The third-order valence-electron chi connectivity index (χ3n) is 4.79. The van der Waals surface area contributed by atoms with Gasteiger partial charge >= 0.3 is 0 Å². The molecule has 1 N–H and O–H groups in total. The molecule has 1 aromatic heterocycles. The van der Waals surface area contributed by atoms with Gasteiger partial charge in [-0.1, -0.05) is 48.5 Å². The molecule has 1 heterocycles. The first kappa shape index (κ1) is 18.6. The normalized spacial score (nSPS) is 11.8. The number of benzene rings is 3. The minimum absolute atomic E-state index is 0.265. The quantitative estimate of drug-likeness (QED) is 0.507. The summed E-state index contributed by atoms with van der Waals surface area (Å²) >= 11 is 0. The van der Waals surface area contributed by atoms with Crippen molar-refractivity contribution in [3.8, 4) is 11.5 Å². The number of amides is 1. The number of hydrogen-bond acceptors (Lipinski definition) is 4. The fourth-order valence-corrected chi connectivity index (χ4v) is 3.30. The number of ether oxygens (including phenoxy) is 2. The van der Waals surface area contributed by atoms with E-state index in [2.05, 4.69) is 5.32 Å². The van der Waals surface area contributed by atoms with Gasteiger partial charge in [-0.15, -0.1) is 0 Å². The van der Waals surface area contributed by atoms with Crippen LogP contribution in [0.2, 0.25) is 0 Å². The van der Waals surface area contributed by atoms with E-state index in [1.54, 1.807) is 25.3 Å². The first-order chi connectivity index (χ1) is 14.2. The smallest absolute Gasteiger partial charge is 0.255 e. The monoisotopic (exact) mass is 387 g/mol. The summed E-state index contributed by atoms with van der Waals surface area (Å²) in [4.78, 5) is 13.1. The second kappa shape index (κ2) is 8.10. The molecule has 1 atom stereocenters. The van der Waals surface area contributed by atoms with Crippen molar-refractivity contribution in [3.63, 3.8) is 0 Å². The largest absolute Gasteiger partial charge is 0.497 e. The fraction of sp³-hybridized carbons (Fsp3) is 0.125. The minimum atomic E-state index is -0.442. The van der Waals surface area contributed by atoms with E-state index in [0.717, 1.165) is 16.5 Å². The molecule has 5 heteroatoms. The summed E-state index contributed by atoms with van der Waals surface area (Å²) in [6, 6.07) is 24.1. The van der Waals surface area contributed by atoms with Gasteiger partial charge in [-0.3, -0.25) is 4.79 Å². The Morgan fingerprint density at radius 3 is 2.38 bits per heavy atom. The number of carbonyl (C=O) groups excluding carboxylic acids is 1. The summed E-state index contributed by atoms with van der Waals surface area (Å²) in [6.07, 6.45) is 0. The predicted octanol–water partition coefficient (Wildman–Crippen LogP) is 4.97. The Hall–Kier alpha value is -3.73. The zero-order valence-corrected chi connectivity index (χ0v) is 16.2. The van der Waals surface area contributed by atoms with E-state index in [0.29, 0.717) is 22.8 Å². The van der Waals surface area contributed by atoms with Crippen LogP contribution in [0.1, 0.15) is 27.7 Å². The summed E-state index contributed by atoms with van der Waals surface area (Å²) in [7, 11) is 3.10. The standard InChI is InChI=1S/C24H21NO4/c1-27-18-12-13-19(21(15-18)28-2)24(26)25-23(16-8-4-3-5-9-16)22-14-17-10-6-7-11-20(17)29-22/h3-15,23H,1-2H3,(H,25,26). The van der Waals surface area contributed by atoms with Crippen molar-refractivity contribution >= 4 is 16.9 Å². The molecule has 1 amide bonds. The molecule has 5 nitrogen and oxygen atoms in total. The molecular weight excluding hydrogens is 366 g/mol. The second-order valence-electron chi connectivity index (χ2n) is 6.57. The lowest BCUT2D eigenvalue weighted by molar-refractivity contribution is 0.0936. The van der Waals surface area contributed by atoms with Crippen molar-refractivity contribution in [3.05, 3.63) is 95.7 Å². The maximum absolute atomic E-state index is 13.1. The summed E-state index contributed by atoms with van der Waals surface area (Å²) in [5.41, 5.74) is 2.12. The van der Waals surface area contributed by atoms with Gasteiger partial charge in [0.05, 0.1) is 19.8 Å². The predicted molar refractivity (Wildman–Crippen MR) is 112 cm³/mol. The van der Waals surface area contributed by atoms with Crippen LogP contribution in [0.5, 0.6) is 11.5 Å². The van der Waals surface area contributed by atoms with E-state index in [9.17, 15) is 4.79 Å². The molecule has 1 unspecified atom stereocenters. The van der Waals surface area contributed by atoms with Crippen LogP contribution in [0.4, 0.5) is 0 Å². The van der Waals surface area contributed by atoms with E-state index in [-0.39, 0.29) is 5.91 Å². The first-order valence-corrected chi connectivity index (χ1v) is 9.26. The molecule has 146 valence electrons. The Morgan fingerprint density at radius 1 is 0.897 bits per heavy atom. The van der Waals surface area contributed by atoms with Crippen LogP contribution >= 0.6 is 0 Å². The summed E-state index contributed by atoms with van der Waals surface area (Å²) in [5.74, 6) is 1.46. The molecule has 0 spiro atoms. The Labute approximate surface area is 168 Å². The van der Waals surface area contributed by atoms with E-state index in [1.807, 2.05) is 60.7 Å². The van der Waals surface area contributed by atoms with Gasteiger partial charge in [-0.05, 0) is 29.8 Å². The SMILES string of the molecule is COc1ccc(C(=O)NC(c2ccccc2)c2cc3ccccc3o2)c(OC)c1. The molecular formula is C24H21NO4. The molecule has 0 saturated carbocycles. The zero-order valence-electron chi connectivity index (χ0n) is 16.2. The summed E-state index contributed by atoms with van der Waals surface area (Å²) < 4.78 is 16.7. The number of rotatable bonds is 6. The number of furan rings is 1. The number of fused-ring (bicyclic) bond motifs is 1. The highest BCUT2D eigenvalue weighted by atomic mass is 16.5. The van der Waals surface area contributed by atoms with Gasteiger partial charge in [-0.25, -0.2) is 0 Å². The van der Waals surface area contributed by atoms with Gasteiger partial charge < -0.3 is 19.2 Å². The average Bonchev–Trinajstić information content (AvgIpc) is 3.21. The molecule has 0 aliphatic rings. The maximum atomic E-state index is 13.1. The van der Waals surface area contributed by atoms with Crippen molar-refractivity contribution in [1.82, 2.24) is 5.32 Å². The highest BCUT2D eigenvalue weighted by Gasteiger charge is 2.23. The number of nitrogens with one attached hydrogen (secondary N) is 1. The second-order valence-corrected chi connectivity index (χ2v) is 6.57. The average molecular weight is 387 g/mol. The topological polar surface area (TPSA) is 60.7 Å². The van der Waals surface area contributed by atoms with E-state index in [4.69, 9.17) is 13.9 Å². The van der Waals surface area contributed by atoms with Crippen LogP contribution in [0.3, 0.4) is 0 Å². The Kier molecular flexibility index (Phi) is 5.20. The number of para-hydroxylation sites is 1. The van der Waals surface area contributed by atoms with E-state index < -0.39 is 6.04 Å². The third kappa shape index (κ3) is 3.80. The van der Waals surface area contributed by atoms with Crippen LogP contribution in [0.25, 0.3) is 11.0 Å². The first-order valence-electron chi connectivity index (χ1n) is 9.26. The van der Waals surface area contributed by atoms with Crippen LogP contribution < -0.4 is 14.8 Å². The van der Waals surface area contributed by atoms with Crippen molar-refractivity contribution < 1.29 is 18.7 Å². The van der Waals surface area contributed by atoms with Gasteiger partial charge in [0, 0.05) is 11.5 Å². The van der Waals surface area contributed by atoms with Gasteiger partial charge in [0.15, 0.2) is 0 Å². The molecule has 0 aliphatic heterocycles. The van der Waals surface area contributed by atoms with Crippen LogP contribution in [-0.4, -0.2) is 20.1 Å². The molecule has 0 fully saturated rings. The van der Waals surface area contributed by atoms with E-state index >= 15 is 0 Å². The Bertz CT molecular complexity index is 1100. The maximum Gasteiger partial charge on any atom is 0.255 e. The van der Waals surface area contributed by atoms with Crippen LogP contribution in [0, 0.1) is 0 Å². The molecule has 0 saturated heterocycles. The number of carbonyl (C=O) groups is 1. The molecule has 3 aromatic carbocycles. The van der Waals surface area contributed by atoms with Crippen molar-refractivity contribution in [1.29, 1.82) is 0 Å². The van der Waals surface area contributed by atoms with Crippen LogP contribution in [0.15, 0.2) is 83.3 Å². The summed E-state index contributed by atoms with van der Waals surface area (Å²) in [6.45, 7) is 0. The van der Waals surface area contributed by atoms with E-state index in [1.165, 1.54) is 7.11 Å². The number of hydrogen-bond donors (Lipinski definition) is 1. The Balaban J connectivity index is 1.72. The van der Waals surface area contributed by atoms with Crippen LogP contribution in [-0.2, 0) is 0 Å². The van der Waals surface area contributed by atoms with Crippen molar-refractivity contribution in [2.75, 3.05) is 14.2 Å². The van der Waals surface area contributed by atoms with Gasteiger partial charge in [0.25, 0.3) is 5.91 Å². The van der Waals surface area contributed by atoms with Gasteiger partial charge in [0.2, 0.25) is 0 Å². The minimum Gasteiger partial charge on any atom is -0.497 e. The number of methoxy groups -OCH3 is 2. The molecule has 29 heavy (non-hydrogen) atoms. The van der Waals surface area contributed by atoms with Crippen molar-refractivity contribution in [2.45, 2.75) is 6.04 Å². The third-order valence-corrected chi connectivity index (χ3v) is 4.79. The lowest BCUT2D eigenvalue weighted by atomic mass is 10.0. The van der Waals surface area contributed by atoms with Gasteiger partial charge in [0.1, 0.15) is 28.9 Å². The fourth-order valence-electron chi connectivity index (χ4n) is 3.30. The zero-order chi connectivity index (χ0) is 20.2. The molecule has 0 radical (unpaired) electrons. The molecule has 0 bridgehead atoms. The molecule has 0 aliphatic carbocycles. The Morgan fingerprint density at radius 2 is 1.66 bits per heavy atom. The van der Waals surface area contributed by atoms with Crippen molar-refractivity contribution in [2.24, 2.45) is 0 Å².